The molecule has 0 unspecified atom stereocenters. The molecule has 5 aromatic rings. The molecule has 10 amide bonds. The van der Waals surface area contributed by atoms with E-state index in [1.165, 1.54) is 13.8 Å². The summed E-state index contributed by atoms with van der Waals surface area (Å²) in [5, 5.41) is 39.8. The average Bonchev–Trinajstić information content (AvgIpc) is 2.94. The maximum absolute atomic E-state index is 13.9. The number of benzene rings is 4. The first-order valence-corrected chi connectivity index (χ1v) is 29.6. The number of methoxy groups -OCH3 is 1. The number of carboxylic acids is 1. The lowest BCUT2D eigenvalue weighted by atomic mass is 10.0. The van der Waals surface area contributed by atoms with Crippen LogP contribution in [0.3, 0.4) is 0 Å². The number of rotatable bonds is 36. The normalized spacial score (nSPS) is 13.4. The number of aromatic nitrogens is 1. The molecule has 1 heterocycles. The van der Waals surface area contributed by atoms with E-state index in [9.17, 15) is 57.8 Å². The number of ether oxygens (including phenoxy) is 1. The molecule has 0 fully saturated rings. The Kier molecular flexibility index (Phi) is 28.1. The number of amides is 10. The third-order valence-electron chi connectivity index (χ3n) is 14.2. The number of H-pyrrole nitrogens is 1. The summed E-state index contributed by atoms with van der Waals surface area (Å²) >= 11 is 0. The van der Waals surface area contributed by atoms with Gasteiger partial charge in [0, 0.05) is 55.5 Å². The Bertz CT molecular complexity index is 3190. The lowest BCUT2D eigenvalue weighted by Gasteiger charge is -2.24. The topological polar surface area (TPSA) is 365 Å². The number of unbranched alkanes of at least 4 members (excludes halogenated alkanes) is 1. The Morgan fingerprint density at radius 2 is 1.02 bits per heavy atom. The molecule has 0 bridgehead atoms. The molecule has 25 heteroatoms. The summed E-state index contributed by atoms with van der Waals surface area (Å²) in [4.78, 5) is 150. The first-order valence-electron chi connectivity index (χ1n) is 29.6. The average molecular weight is 1230 g/mol. The maximum atomic E-state index is 13.9. The van der Waals surface area contributed by atoms with Gasteiger partial charge in [-0.2, -0.15) is 0 Å². The van der Waals surface area contributed by atoms with Gasteiger partial charge in [0.2, 0.25) is 59.1 Å². The Balaban J connectivity index is 1.19. The Labute approximate surface area is 517 Å². The van der Waals surface area contributed by atoms with E-state index in [2.05, 4.69) is 63.5 Å². The molecule has 7 atom stereocenters. The van der Waals surface area contributed by atoms with Gasteiger partial charge >= 0.3 is 5.97 Å². The van der Waals surface area contributed by atoms with Crippen molar-refractivity contribution in [1.29, 1.82) is 0 Å². The van der Waals surface area contributed by atoms with Gasteiger partial charge in [0.1, 0.15) is 48.0 Å². The fourth-order valence-electron chi connectivity index (χ4n) is 9.53. The summed E-state index contributed by atoms with van der Waals surface area (Å²) in [6.45, 7) is 8.26. The summed E-state index contributed by atoms with van der Waals surface area (Å²) in [5.74, 6) is -8.35. The molecule has 5 rings (SSSR count). The van der Waals surface area contributed by atoms with Gasteiger partial charge in [-0.25, -0.2) is 4.79 Å². The third-order valence-corrected chi connectivity index (χ3v) is 14.2. The summed E-state index contributed by atoms with van der Waals surface area (Å²) in [6.07, 6.45) is 3.02. The predicted octanol–water partition coefficient (Wildman–Crippen LogP) is 2.06. The van der Waals surface area contributed by atoms with Gasteiger partial charge < -0.3 is 73.3 Å². The first kappa shape index (κ1) is 70.0. The minimum Gasteiger partial charge on any atom is -0.497 e. The van der Waals surface area contributed by atoms with E-state index >= 15 is 0 Å². The fraction of sp³-hybridized carbons (Fsp3) is 0.422. The van der Waals surface area contributed by atoms with Crippen molar-refractivity contribution in [1.82, 2.24) is 58.2 Å². The van der Waals surface area contributed by atoms with E-state index in [0.29, 0.717) is 36.3 Å². The van der Waals surface area contributed by atoms with Crippen LogP contribution >= 0.6 is 0 Å². The quantitative estimate of drug-likeness (QED) is 0.0256. The van der Waals surface area contributed by atoms with Crippen molar-refractivity contribution in [2.24, 2.45) is 11.8 Å². The van der Waals surface area contributed by atoms with E-state index in [1.807, 2.05) is 50.2 Å². The van der Waals surface area contributed by atoms with Gasteiger partial charge in [0.25, 0.3) is 0 Å². The number of carboxylic acid groups (broad SMARTS) is 1. The molecule has 0 aliphatic heterocycles. The minimum atomic E-state index is -1.31. The Morgan fingerprint density at radius 3 is 1.60 bits per heavy atom. The monoisotopic (exact) mass is 1230 g/mol. The van der Waals surface area contributed by atoms with Crippen LogP contribution in [0.2, 0.25) is 0 Å². The molecule has 0 spiro atoms. The molecule has 1 aromatic heterocycles. The third kappa shape index (κ3) is 24.1. The summed E-state index contributed by atoms with van der Waals surface area (Å²) in [6, 6.07) is 23.9. The van der Waals surface area contributed by atoms with E-state index in [-0.39, 0.29) is 38.0 Å². The van der Waals surface area contributed by atoms with Crippen LogP contribution in [-0.4, -0.2) is 151 Å². The molecular weight excluding hydrogens is 1140 g/mol. The number of nitrogens with one attached hydrogen (secondary N) is 12. The summed E-state index contributed by atoms with van der Waals surface area (Å²) in [5.41, 5.74) is 3.68. The number of hydrogen-bond acceptors (Lipinski definition) is 13. The largest absolute Gasteiger partial charge is 0.497 e. The van der Waals surface area contributed by atoms with Crippen molar-refractivity contribution >= 4 is 81.6 Å². The smallest absolute Gasteiger partial charge is 0.326 e. The van der Waals surface area contributed by atoms with Gasteiger partial charge in [-0.3, -0.25) is 47.9 Å². The van der Waals surface area contributed by atoms with Crippen LogP contribution in [0.15, 0.2) is 115 Å². The highest BCUT2D eigenvalue weighted by Gasteiger charge is 2.32. The van der Waals surface area contributed by atoms with Gasteiger partial charge in [-0.15, -0.1) is 0 Å². The number of carbonyl (C=O) groups excluding carboxylic acids is 10. The van der Waals surface area contributed by atoms with E-state index in [4.69, 9.17) is 4.74 Å². The van der Waals surface area contributed by atoms with Crippen LogP contribution in [0.1, 0.15) is 83.9 Å². The second kappa shape index (κ2) is 35.7. The SMILES string of the molecule is COc1ccc(NCCCC[C@H](NC(=O)CNC(=O)[C@H](CC(C)C)NC(=O)[C@H](Cc2ccccc2)NC(C)=O)C(=O)NCC(=O)N[C@H](C(=O)NCC(=O)N[C@@H](Cc2c[nH]c3ccccc23)C(=O)N[C@@H](C)C(=O)N[C@@H](Cc2ccccc2)C(=O)O)C(C)C)cc1. The summed E-state index contributed by atoms with van der Waals surface area (Å²) in [7, 11) is 1.56. The molecule has 0 saturated carbocycles. The van der Waals surface area contributed by atoms with Crippen LogP contribution in [0.25, 0.3) is 10.9 Å². The van der Waals surface area contributed by atoms with E-state index < -0.39 is 133 Å². The lowest BCUT2D eigenvalue weighted by molar-refractivity contribution is -0.142. The number of aliphatic carboxylic acids is 1. The number of fused-ring (bicyclic) bond motifs is 1. The highest BCUT2D eigenvalue weighted by atomic mass is 16.5. The van der Waals surface area contributed by atoms with Crippen molar-refractivity contribution in [2.75, 3.05) is 38.6 Å². The number of anilines is 1. The van der Waals surface area contributed by atoms with Gasteiger partial charge in [-0.1, -0.05) is 107 Å². The van der Waals surface area contributed by atoms with Crippen molar-refractivity contribution in [2.45, 2.75) is 129 Å². The highest BCUT2D eigenvalue weighted by Crippen LogP contribution is 2.20. The highest BCUT2D eigenvalue weighted by molar-refractivity contribution is 5.97. The Hall–Kier alpha value is -9.81. The van der Waals surface area contributed by atoms with Crippen molar-refractivity contribution in [3.63, 3.8) is 0 Å². The second-order valence-corrected chi connectivity index (χ2v) is 22.4. The maximum Gasteiger partial charge on any atom is 0.326 e. The second-order valence-electron chi connectivity index (χ2n) is 22.4. The molecule has 25 nitrogen and oxygen atoms in total. The number of para-hydroxylation sites is 1. The lowest BCUT2D eigenvalue weighted by Crippen LogP contribution is -2.57. The van der Waals surface area contributed by atoms with Crippen molar-refractivity contribution < 1.29 is 62.6 Å². The molecule has 89 heavy (non-hydrogen) atoms. The van der Waals surface area contributed by atoms with Gasteiger partial charge in [-0.05, 0) is 91.5 Å². The van der Waals surface area contributed by atoms with Gasteiger partial charge in [0.15, 0.2) is 0 Å². The molecule has 478 valence electrons. The van der Waals surface area contributed by atoms with Crippen LogP contribution in [0.4, 0.5) is 5.69 Å². The van der Waals surface area contributed by atoms with Crippen LogP contribution in [-0.2, 0) is 72.0 Å². The van der Waals surface area contributed by atoms with Crippen LogP contribution in [0.5, 0.6) is 5.75 Å². The first-order chi connectivity index (χ1) is 42.5. The van der Waals surface area contributed by atoms with Crippen molar-refractivity contribution in [3.8, 4) is 5.75 Å². The molecule has 0 radical (unpaired) electrons. The van der Waals surface area contributed by atoms with E-state index in [0.717, 1.165) is 22.2 Å². The number of carbonyl (C=O) groups is 11. The Morgan fingerprint density at radius 1 is 0.506 bits per heavy atom. The minimum absolute atomic E-state index is 0.0153. The molecule has 4 aromatic carbocycles. The zero-order chi connectivity index (χ0) is 65.0. The number of hydrogen-bond donors (Lipinski definition) is 13. The molecule has 0 aliphatic rings. The number of aromatic amines is 1. The fourth-order valence-corrected chi connectivity index (χ4v) is 9.53. The predicted molar refractivity (Wildman–Crippen MR) is 333 cm³/mol. The zero-order valence-corrected chi connectivity index (χ0v) is 51.3. The molecule has 13 N–H and O–H groups in total. The van der Waals surface area contributed by atoms with Crippen LogP contribution < -0.4 is 63.2 Å². The molecular formula is C64H84N12O13. The standard InChI is InChI=1S/C64H84N12O13/c1-38(2)30-50(74-62(85)51(71-41(6)77)31-42-18-10-8-11-19-42)60(83)68-35-54(78)72-49(24-16-17-29-65-45-25-27-46(89-7)28-26-45)59(82)67-37-56(80)76-57(39(3)4)63(86)69-36-55(79)73-52(33-44-34-66-48-23-15-14-22-47(44)48)61(84)70-40(5)58(81)75-53(64(87)88)32-43-20-12-9-13-21-43/h8-15,18-23,25-28,34,38-40,49-53,57,65-66H,16-17,24,29-33,35-37H2,1-7H3,(H,67,82)(H,68,83)(H,69,86)(H,70,84)(H,71,77)(H,72,78)(H,73,79)(H,74,85)(H,75,81)(H,76,80)(H,87,88)/t40-,49-,50-,51-,52-,53-,57-/m0/s1. The van der Waals surface area contributed by atoms with E-state index in [1.54, 1.807) is 100.0 Å². The van der Waals surface area contributed by atoms with Gasteiger partial charge in [0.05, 0.1) is 26.7 Å². The van der Waals surface area contributed by atoms with Crippen LogP contribution in [0, 0.1) is 11.8 Å². The van der Waals surface area contributed by atoms with Crippen molar-refractivity contribution in [3.05, 3.63) is 132 Å². The summed E-state index contributed by atoms with van der Waals surface area (Å²) < 4.78 is 5.23. The molecule has 0 saturated heterocycles. The molecule has 0 aliphatic carbocycles. The zero-order valence-electron chi connectivity index (χ0n) is 51.3.